The summed E-state index contributed by atoms with van der Waals surface area (Å²) in [5, 5.41) is 2.03. The van der Waals surface area contributed by atoms with Gasteiger partial charge in [-0.15, -0.1) is 11.3 Å². The first-order valence-electron chi connectivity index (χ1n) is 5.21. The van der Waals surface area contributed by atoms with Gasteiger partial charge in [0.05, 0.1) is 6.04 Å². The predicted octanol–water partition coefficient (Wildman–Crippen LogP) is 1.76. The molecule has 1 aliphatic heterocycles. The van der Waals surface area contributed by atoms with E-state index in [4.69, 9.17) is 5.73 Å². The Hall–Kier alpha value is -0.870. The molecule has 2 rings (SSSR count). The summed E-state index contributed by atoms with van der Waals surface area (Å²) >= 11 is 1.67. The minimum atomic E-state index is -0.0569. The number of nitrogens with two attached hydrogens (primary N) is 1. The SMILES string of the molecule is CC(C)N1C(=O)CC(N)C1c1cccs1. The van der Waals surface area contributed by atoms with Crippen LogP contribution in [0.1, 0.15) is 31.2 Å². The highest BCUT2D eigenvalue weighted by atomic mass is 32.1. The van der Waals surface area contributed by atoms with Crippen molar-refractivity contribution >= 4 is 17.2 Å². The minimum absolute atomic E-state index is 0.0569. The Morgan fingerprint density at radius 2 is 2.33 bits per heavy atom. The lowest BCUT2D eigenvalue weighted by Gasteiger charge is -2.29. The maximum atomic E-state index is 11.8. The molecule has 4 heteroatoms. The average molecular weight is 224 g/mol. The van der Waals surface area contributed by atoms with E-state index in [1.807, 2.05) is 30.2 Å². The van der Waals surface area contributed by atoms with E-state index in [0.29, 0.717) is 6.42 Å². The van der Waals surface area contributed by atoms with E-state index in [2.05, 4.69) is 6.07 Å². The van der Waals surface area contributed by atoms with Crippen molar-refractivity contribution < 1.29 is 4.79 Å². The molecule has 1 aromatic rings. The zero-order chi connectivity index (χ0) is 11.0. The second-order valence-electron chi connectivity index (χ2n) is 4.22. The minimum Gasteiger partial charge on any atom is -0.331 e. The summed E-state index contributed by atoms with van der Waals surface area (Å²) in [5.74, 6) is 0.177. The molecule has 0 aromatic carbocycles. The normalized spacial score (nSPS) is 26.7. The molecule has 3 nitrogen and oxygen atoms in total. The monoisotopic (exact) mass is 224 g/mol. The number of nitrogens with zero attached hydrogens (tertiary/aromatic N) is 1. The van der Waals surface area contributed by atoms with Crippen molar-refractivity contribution in [2.24, 2.45) is 5.73 Å². The fraction of sp³-hybridized carbons (Fsp3) is 0.545. The Morgan fingerprint density at radius 3 is 2.87 bits per heavy atom. The van der Waals surface area contributed by atoms with E-state index in [0.717, 1.165) is 0 Å². The number of hydrogen-bond acceptors (Lipinski definition) is 3. The second kappa shape index (κ2) is 3.94. The molecule has 2 atom stereocenters. The Bertz CT molecular complexity index is 347. The van der Waals surface area contributed by atoms with Crippen LogP contribution in [0.4, 0.5) is 0 Å². The zero-order valence-corrected chi connectivity index (χ0v) is 9.83. The largest absolute Gasteiger partial charge is 0.331 e. The first-order valence-corrected chi connectivity index (χ1v) is 6.09. The number of amides is 1. The van der Waals surface area contributed by atoms with Crippen LogP contribution < -0.4 is 5.73 Å². The lowest BCUT2D eigenvalue weighted by molar-refractivity contribution is -0.130. The molecule has 0 bridgehead atoms. The third-order valence-corrected chi connectivity index (χ3v) is 3.74. The molecule has 0 aliphatic carbocycles. The molecule has 82 valence electrons. The van der Waals surface area contributed by atoms with Crippen molar-refractivity contribution in [2.45, 2.75) is 38.4 Å². The molecular formula is C11H16N2OS. The van der Waals surface area contributed by atoms with Gasteiger partial charge in [0.15, 0.2) is 0 Å². The maximum absolute atomic E-state index is 11.8. The van der Waals surface area contributed by atoms with Crippen LogP contribution in [-0.4, -0.2) is 22.9 Å². The molecule has 1 amide bonds. The topological polar surface area (TPSA) is 46.3 Å². The van der Waals surface area contributed by atoms with E-state index < -0.39 is 0 Å². The van der Waals surface area contributed by atoms with Gasteiger partial charge in [0.25, 0.3) is 0 Å². The fourth-order valence-electron chi connectivity index (χ4n) is 2.20. The highest BCUT2D eigenvalue weighted by Crippen LogP contribution is 2.35. The number of hydrogen-bond donors (Lipinski definition) is 1. The van der Waals surface area contributed by atoms with Crippen LogP contribution in [0.25, 0.3) is 0 Å². The molecule has 15 heavy (non-hydrogen) atoms. The van der Waals surface area contributed by atoms with Gasteiger partial charge >= 0.3 is 0 Å². The van der Waals surface area contributed by atoms with Crippen LogP contribution in [0.2, 0.25) is 0 Å². The van der Waals surface area contributed by atoms with Gasteiger partial charge in [-0.1, -0.05) is 6.07 Å². The smallest absolute Gasteiger partial charge is 0.225 e. The highest BCUT2D eigenvalue weighted by molar-refractivity contribution is 7.10. The summed E-state index contributed by atoms with van der Waals surface area (Å²) < 4.78 is 0. The Labute approximate surface area is 93.9 Å². The Kier molecular flexibility index (Phi) is 2.80. The van der Waals surface area contributed by atoms with Crippen LogP contribution in [-0.2, 0) is 4.79 Å². The first-order chi connectivity index (χ1) is 7.11. The molecular weight excluding hydrogens is 208 g/mol. The van der Waals surface area contributed by atoms with Crippen LogP contribution >= 0.6 is 11.3 Å². The summed E-state index contributed by atoms with van der Waals surface area (Å²) in [4.78, 5) is 14.9. The van der Waals surface area contributed by atoms with Crippen molar-refractivity contribution in [1.29, 1.82) is 0 Å². The number of rotatable bonds is 2. The molecule has 2 unspecified atom stereocenters. The Balaban J connectivity index is 2.32. The van der Waals surface area contributed by atoms with Crippen molar-refractivity contribution in [3.8, 4) is 0 Å². The van der Waals surface area contributed by atoms with Gasteiger partial charge in [0, 0.05) is 23.4 Å². The molecule has 1 aliphatic rings. The molecule has 2 heterocycles. The summed E-state index contributed by atoms with van der Waals surface area (Å²) in [6.45, 7) is 4.08. The predicted molar refractivity (Wildman–Crippen MR) is 61.6 cm³/mol. The molecule has 0 spiro atoms. The van der Waals surface area contributed by atoms with Gasteiger partial charge in [0.2, 0.25) is 5.91 Å². The molecule has 1 saturated heterocycles. The standard InChI is InChI=1S/C11H16N2OS/c1-7(2)13-10(14)6-8(12)11(13)9-4-3-5-15-9/h3-5,7-8,11H,6,12H2,1-2H3. The van der Waals surface area contributed by atoms with Crippen LogP contribution in [0, 0.1) is 0 Å². The van der Waals surface area contributed by atoms with E-state index in [1.54, 1.807) is 11.3 Å². The van der Waals surface area contributed by atoms with Gasteiger partial charge in [-0.3, -0.25) is 4.79 Å². The lowest BCUT2D eigenvalue weighted by atomic mass is 10.1. The van der Waals surface area contributed by atoms with Gasteiger partial charge in [0.1, 0.15) is 0 Å². The highest BCUT2D eigenvalue weighted by Gasteiger charge is 2.40. The van der Waals surface area contributed by atoms with Crippen molar-refractivity contribution in [3.63, 3.8) is 0 Å². The van der Waals surface area contributed by atoms with Gasteiger partial charge in [-0.2, -0.15) is 0 Å². The molecule has 1 fully saturated rings. The summed E-state index contributed by atoms with van der Waals surface area (Å²) in [7, 11) is 0. The second-order valence-corrected chi connectivity index (χ2v) is 5.20. The Morgan fingerprint density at radius 1 is 1.60 bits per heavy atom. The van der Waals surface area contributed by atoms with Gasteiger partial charge < -0.3 is 10.6 Å². The van der Waals surface area contributed by atoms with Crippen molar-refractivity contribution in [1.82, 2.24) is 4.90 Å². The number of likely N-dealkylation sites (tertiary alicyclic amines) is 1. The van der Waals surface area contributed by atoms with Gasteiger partial charge in [-0.25, -0.2) is 0 Å². The molecule has 1 aromatic heterocycles. The first kappa shape index (κ1) is 10.6. The van der Waals surface area contributed by atoms with E-state index in [1.165, 1.54) is 4.88 Å². The molecule has 2 N–H and O–H groups in total. The maximum Gasteiger partial charge on any atom is 0.225 e. The number of carbonyl (C=O) groups is 1. The molecule has 0 saturated carbocycles. The van der Waals surface area contributed by atoms with E-state index in [-0.39, 0.29) is 24.0 Å². The zero-order valence-electron chi connectivity index (χ0n) is 9.01. The molecule has 0 radical (unpaired) electrons. The van der Waals surface area contributed by atoms with E-state index in [9.17, 15) is 4.79 Å². The lowest BCUT2D eigenvalue weighted by Crippen LogP contribution is -2.37. The van der Waals surface area contributed by atoms with Crippen LogP contribution in [0.3, 0.4) is 0 Å². The summed E-state index contributed by atoms with van der Waals surface area (Å²) in [6.07, 6.45) is 0.473. The third-order valence-electron chi connectivity index (χ3n) is 2.79. The third kappa shape index (κ3) is 1.79. The van der Waals surface area contributed by atoms with Crippen molar-refractivity contribution in [3.05, 3.63) is 22.4 Å². The van der Waals surface area contributed by atoms with Crippen LogP contribution in [0.15, 0.2) is 17.5 Å². The summed E-state index contributed by atoms with van der Waals surface area (Å²) in [6, 6.07) is 4.31. The fourth-order valence-corrected chi connectivity index (χ4v) is 3.10. The average Bonchev–Trinajstić information content (AvgIpc) is 2.71. The van der Waals surface area contributed by atoms with Gasteiger partial charge in [-0.05, 0) is 25.3 Å². The number of carbonyl (C=O) groups excluding carboxylic acids is 1. The quantitative estimate of drug-likeness (QED) is 0.832. The van der Waals surface area contributed by atoms with E-state index >= 15 is 0 Å². The number of thiophene rings is 1. The summed E-state index contributed by atoms with van der Waals surface area (Å²) in [5.41, 5.74) is 6.03. The van der Waals surface area contributed by atoms with Crippen molar-refractivity contribution in [2.75, 3.05) is 0 Å². The van der Waals surface area contributed by atoms with Crippen LogP contribution in [0.5, 0.6) is 0 Å².